The number of hydrogen-bond donors (Lipinski definition) is 0. The third-order valence-corrected chi connectivity index (χ3v) is 5.17. The molecule has 1 amide bonds. The lowest BCUT2D eigenvalue weighted by Crippen LogP contribution is -2.39. The van der Waals surface area contributed by atoms with Gasteiger partial charge in [0.2, 0.25) is 5.91 Å². The highest BCUT2D eigenvalue weighted by Crippen LogP contribution is 2.26. The second-order valence-electron chi connectivity index (χ2n) is 5.55. The predicted octanol–water partition coefficient (Wildman–Crippen LogP) is 2.73. The summed E-state index contributed by atoms with van der Waals surface area (Å²) in [5.74, 6) is 1.09. The molecule has 5 heteroatoms. The van der Waals surface area contributed by atoms with Crippen LogP contribution in [0.2, 0.25) is 0 Å². The molecule has 0 saturated carbocycles. The van der Waals surface area contributed by atoms with Gasteiger partial charge in [-0.3, -0.25) is 4.79 Å². The number of benzene rings is 1. The molecule has 1 aromatic rings. The van der Waals surface area contributed by atoms with E-state index in [2.05, 4.69) is 11.8 Å². The van der Waals surface area contributed by atoms with Crippen molar-refractivity contribution in [3.8, 4) is 5.75 Å². The molecule has 1 heterocycles. The third-order valence-electron chi connectivity index (χ3n) is 4.07. The summed E-state index contributed by atoms with van der Waals surface area (Å²) in [7, 11) is 1.66. The predicted molar refractivity (Wildman–Crippen MR) is 91.6 cm³/mol. The van der Waals surface area contributed by atoms with Crippen LogP contribution in [0.4, 0.5) is 0 Å². The van der Waals surface area contributed by atoms with E-state index < -0.39 is 0 Å². The molecule has 0 radical (unpaired) electrons. The van der Waals surface area contributed by atoms with Gasteiger partial charge in [-0.2, -0.15) is 0 Å². The average molecular weight is 322 g/mol. The van der Waals surface area contributed by atoms with Crippen molar-refractivity contribution >= 4 is 17.7 Å². The van der Waals surface area contributed by atoms with Crippen LogP contribution in [0.1, 0.15) is 20.3 Å². The Labute approximate surface area is 137 Å². The van der Waals surface area contributed by atoms with Gasteiger partial charge in [-0.15, -0.1) is 11.8 Å². The fourth-order valence-electron chi connectivity index (χ4n) is 2.67. The van der Waals surface area contributed by atoms with E-state index in [1.54, 1.807) is 18.9 Å². The van der Waals surface area contributed by atoms with E-state index in [9.17, 15) is 4.79 Å². The standard InChI is InChI=1S/C17H26N2O2S/c1-4-18-10-5-11-19(13-12-18)17(20)14(2)22-16-8-6-15(21-3)7-9-16/h6-9,14H,4-5,10-13H2,1-3H3/t14-/m1/s1. The first-order valence-corrected chi connectivity index (χ1v) is 8.84. The van der Waals surface area contributed by atoms with Crippen molar-refractivity contribution in [2.45, 2.75) is 30.4 Å². The Morgan fingerprint density at radius 3 is 2.59 bits per heavy atom. The van der Waals surface area contributed by atoms with Crippen molar-refractivity contribution in [2.75, 3.05) is 39.8 Å². The lowest BCUT2D eigenvalue weighted by molar-refractivity contribution is -0.130. The molecular weight excluding hydrogens is 296 g/mol. The molecule has 0 unspecified atom stereocenters. The topological polar surface area (TPSA) is 32.8 Å². The van der Waals surface area contributed by atoms with Gasteiger partial charge in [0, 0.05) is 24.5 Å². The van der Waals surface area contributed by atoms with Crippen molar-refractivity contribution in [2.24, 2.45) is 0 Å². The minimum Gasteiger partial charge on any atom is -0.497 e. The van der Waals surface area contributed by atoms with Gasteiger partial charge in [-0.1, -0.05) is 6.92 Å². The number of likely N-dealkylation sites (N-methyl/N-ethyl adjacent to an activating group) is 1. The highest BCUT2D eigenvalue weighted by Gasteiger charge is 2.23. The zero-order valence-corrected chi connectivity index (χ0v) is 14.6. The SMILES string of the molecule is CCN1CCCN(C(=O)[C@@H](C)Sc2ccc(OC)cc2)CC1. The van der Waals surface area contributed by atoms with E-state index in [1.165, 1.54) is 0 Å². The largest absolute Gasteiger partial charge is 0.497 e. The molecule has 0 bridgehead atoms. The highest BCUT2D eigenvalue weighted by molar-refractivity contribution is 8.00. The minimum atomic E-state index is -0.0541. The number of carbonyl (C=O) groups is 1. The van der Waals surface area contributed by atoms with E-state index in [1.807, 2.05) is 36.1 Å². The fourth-order valence-corrected chi connectivity index (χ4v) is 3.62. The zero-order valence-electron chi connectivity index (χ0n) is 13.7. The Kier molecular flexibility index (Phi) is 6.58. The summed E-state index contributed by atoms with van der Waals surface area (Å²) < 4.78 is 5.16. The number of ether oxygens (including phenoxy) is 1. The normalized spacial score (nSPS) is 17.9. The van der Waals surface area contributed by atoms with Crippen LogP contribution >= 0.6 is 11.8 Å². The second-order valence-corrected chi connectivity index (χ2v) is 6.96. The van der Waals surface area contributed by atoms with Gasteiger partial charge in [0.25, 0.3) is 0 Å². The Morgan fingerprint density at radius 1 is 1.23 bits per heavy atom. The summed E-state index contributed by atoms with van der Waals surface area (Å²) in [5.41, 5.74) is 0. The van der Waals surface area contributed by atoms with Gasteiger partial charge in [-0.05, 0) is 50.7 Å². The molecule has 2 rings (SSSR count). The van der Waals surface area contributed by atoms with Gasteiger partial charge in [-0.25, -0.2) is 0 Å². The Morgan fingerprint density at radius 2 is 1.95 bits per heavy atom. The summed E-state index contributed by atoms with van der Waals surface area (Å²) >= 11 is 1.62. The zero-order chi connectivity index (χ0) is 15.9. The number of amides is 1. The molecule has 0 aliphatic carbocycles. The number of hydrogen-bond acceptors (Lipinski definition) is 4. The molecule has 1 saturated heterocycles. The first-order valence-electron chi connectivity index (χ1n) is 7.96. The lowest BCUT2D eigenvalue weighted by atomic mass is 10.3. The van der Waals surface area contributed by atoms with Crippen LogP contribution in [0.25, 0.3) is 0 Å². The van der Waals surface area contributed by atoms with Crippen LogP contribution in [-0.4, -0.2) is 60.8 Å². The molecule has 4 nitrogen and oxygen atoms in total. The van der Waals surface area contributed by atoms with E-state index >= 15 is 0 Å². The first-order chi connectivity index (χ1) is 10.6. The number of thioether (sulfide) groups is 1. The fraction of sp³-hybridized carbons (Fsp3) is 0.588. The smallest absolute Gasteiger partial charge is 0.235 e. The van der Waals surface area contributed by atoms with Crippen LogP contribution in [0.15, 0.2) is 29.2 Å². The molecule has 0 spiro atoms. The number of nitrogens with zero attached hydrogens (tertiary/aromatic N) is 2. The quantitative estimate of drug-likeness (QED) is 0.781. The Bertz CT molecular complexity index is 478. The van der Waals surface area contributed by atoms with Crippen LogP contribution in [0.3, 0.4) is 0 Å². The summed E-state index contributed by atoms with van der Waals surface area (Å²) in [5, 5.41) is -0.0541. The van der Waals surface area contributed by atoms with E-state index in [0.717, 1.165) is 49.8 Å². The van der Waals surface area contributed by atoms with Crippen molar-refractivity contribution in [3.63, 3.8) is 0 Å². The molecule has 1 aromatic carbocycles. The molecule has 122 valence electrons. The molecule has 0 aromatic heterocycles. The van der Waals surface area contributed by atoms with Gasteiger partial charge in [0.05, 0.1) is 12.4 Å². The molecule has 1 atom stereocenters. The number of methoxy groups -OCH3 is 1. The monoisotopic (exact) mass is 322 g/mol. The van der Waals surface area contributed by atoms with Gasteiger partial charge in [0.15, 0.2) is 0 Å². The number of rotatable bonds is 5. The number of carbonyl (C=O) groups excluding carboxylic acids is 1. The maximum absolute atomic E-state index is 12.6. The lowest BCUT2D eigenvalue weighted by Gasteiger charge is -2.24. The maximum atomic E-state index is 12.6. The van der Waals surface area contributed by atoms with E-state index in [-0.39, 0.29) is 11.2 Å². The molecule has 1 aliphatic heterocycles. The summed E-state index contributed by atoms with van der Waals surface area (Å²) in [4.78, 5) is 18.2. The van der Waals surface area contributed by atoms with Crippen molar-refractivity contribution < 1.29 is 9.53 Å². The molecule has 1 fully saturated rings. The Hall–Kier alpha value is -1.20. The van der Waals surface area contributed by atoms with Gasteiger partial charge < -0.3 is 14.5 Å². The molecule has 22 heavy (non-hydrogen) atoms. The van der Waals surface area contributed by atoms with Crippen molar-refractivity contribution in [1.82, 2.24) is 9.80 Å². The van der Waals surface area contributed by atoms with Crippen LogP contribution in [0, 0.1) is 0 Å². The van der Waals surface area contributed by atoms with Gasteiger partial charge in [0.1, 0.15) is 5.75 Å². The maximum Gasteiger partial charge on any atom is 0.235 e. The summed E-state index contributed by atoms with van der Waals surface area (Å²) in [6.45, 7) is 9.06. The van der Waals surface area contributed by atoms with Gasteiger partial charge >= 0.3 is 0 Å². The average Bonchev–Trinajstić information content (AvgIpc) is 2.80. The second kappa shape index (κ2) is 8.44. The highest BCUT2D eigenvalue weighted by atomic mass is 32.2. The molecule has 0 N–H and O–H groups in total. The molecular formula is C17H26N2O2S. The third kappa shape index (κ3) is 4.65. The van der Waals surface area contributed by atoms with Crippen molar-refractivity contribution in [3.05, 3.63) is 24.3 Å². The van der Waals surface area contributed by atoms with E-state index in [4.69, 9.17) is 4.74 Å². The summed E-state index contributed by atoms with van der Waals surface area (Å²) in [6, 6.07) is 7.89. The minimum absolute atomic E-state index is 0.0541. The molecule has 1 aliphatic rings. The Balaban J connectivity index is 1.90. The van der Waals surface area contributed by atoms with E-state index in [0.29, 0.717) is 0 Å². The van der Waals surface area contributed by atoms with Crippen molar-refractivity contribution in [1.29, 1.82) is 0 Å². The van der Waals surface area contributed by atoms with Crippen LogP contribution in [0.5, 0.6) is 5.75 Å². The summed E-state index contributed by atoms with van der Waals surface area (Å²) in [6.07, 6.45) is 1.07. The van der Waals surface area contributed by atoms with Crippen LogP contribution < -0.4 is 4.74 Å². The van der Waals surface area contributed by atoms with Crippen LogP contribution in [-0.2, 0) is 4.79 Å². The first kappa shape index (κ1) is 17.2.